The standard InChI is InChI=1S/C4H9FN2O/c1-6-4(8)7-3-2-5/h2-3H2,1H3,(H2,6,7,8). The number of hydrogen-bond donors (Lipinski definition) is 2. The van der Waals surface area contributed by atoms with Crippen molar-refractivity contribution in [3.63, 3.8) is 0 Å². The van der Waals surface area contributed by atoms with E-state index in [9.17, 15) is 9.18 Å². The first-order valence-corrected chi connectivity index (χ1v) is 2.32. The number of halogens is 1. The number of hydrogen-bond acceptors (Lipinski definition) is 1. The van der Waals surface area contributed by atoms with E-state index in [4.69, 9.17) is 0 Å². The zero-order chi connectivity index (χ0) is 6.41. The van der Waals surface area contributed by atoms with Gasteiger partial charge >= 0.3 is 6.03 Å². The Hall–Kier alpha value is -0.800. The molecule has 2 N–H and O–H groups in total. The van der Waals surface area contributed by atoms with Gasteiger partial charge in [-0.3, -0.25) is 0 Å². The van der Waals surface area contributed by atoms with E-state index < -0.39 is 6.67 Å². The molecule has 0 spiro atoms. The maximum atomic E-state index is 11.2. The number of alkyl halides is 1. The van der Waals surface area contributed by atoms with Crippen LogP contribution in [0.3, 0.4) is 0 Å². The molecule has 0 aliphatic heterocycles. The fraction of sp³-hybridized carbons (Fsp3) is 0.750. The van der Waals surface area contributed by atoms with E-state index in [2.05, 4.69) is 10.6 Å². The molecule has 0 fully saturated rings. The van der Waals surface area contributed by atoms with Crippen LogP contribution in [0.4, 0.5) is 9.18 Å². The van der Waals surface area contributed by atoms with Gasteiger partial charge in [0.1, 0.15) is 6.67 Å². The van der Waals surface area contributed by atoms with Crippen LogP contribution in [0.15, 0.2) is 0 Å². The Labute approximate surface area is 47.3 Å². The van der Waals surface area contributed by atoms with E-state index in [0.717, 1.165) is 0 Å². The molecule has 48 valence electrons. The van der Waals surface area contributed by atoms with Crippen LogP contribution in [0.5, 0.6) is 0 Å². The molecule has 3 nitrogen and oxygen atoms in total. The average molecular weight is 120 g/mol. The maximum Gasteiger partial charge on any atom is 0.314 e. The fourth-order valence-corrected chi connectivity index (χ4v) is 0.249. The van der Waals surface area contributed by atoms with Gasteiger partial charge in [0.2, 0.25) is 0 Å². The lowest BCUT2D eigenvalue weighted by Gasteiger charge is -1.97. The molecule has 0 atom stereocenters. The van der Waals surface area contributed by atoms with Gasteiger partial charge in [-0.25, -0.2) is 9.18 Å². The lowest BCUT2D eigenvalue weighted by Crippen LogP contribution is -2.33. The van der Waals surface area contributed by atoms with Gasteiger partial charge in [-0.05, 0) is 0 Å². The van der Waals surface area contributed by atoms with E-state index in [0.29, 0.717) is 0 Å². The minimum Gasteiger partial charge on any atom is -0.341 e. The van der Waals surface area contributed by atoms with Crippen molar-refractivity contribution in [2.75, 3.05) is 20.3 Å². The Balaban J connectivity index is 2.99. The molecule has 0 rings (SSSR count). The number of amides is 2. The van der Waals surface area contributed by atoms with Crippen molar-refractivity contribution in [2.45, 2.75) is 0 Å². The third-order valence-corrected chi connectivity index (χ3v) is 0.607. The summed E-state index contributed by atoms with van der Waals surface area (Å²) in [5, 5.41) is 4.54. The van der Waals surface area contributed by atoms with Gasteiger partial charge < -0.3 is 10.6 Å². The second-order valence-corrected chi connectivity index (χ2v) is 1.19. The molecule has 0 aromatic rings. The summed E-state index contributed by atoms with van der Waals surface area (Å²) in [5.74, 6) is 0. The van der Waals surface area contributed by atoms with E-state index in [1.165, 1.54) is 7.05 Å². The van der Waals surface area contributed by atoms with Gasteiger partial charge in [0.15, 0.2) is 0 Å². The average Bonchev–Trinajstić information content (AvgIpc) is 1.83. The van der Waals surface area contributed by atoms with Crippen molar-refractivity contribution >= 4 is 6.03 Å². The molecule has 0 aromatic heterocycles. The number of nitrogens with one attached hydrogen (secondary N) is 2. The summed E-state index contributed by atoms with van der Waals surface area (Å²) in [6.45, 7) is -0.437. The van der Waals surface area contributed by atoms with Crippen LogP contribution in [0.25, 0.3) is 0 Å². The molecule has 8 heavy (non-hydrogen) atoms. The molecule has 0 unspecified atom stereocenters. The van der Waals surface area contributed by atoms with Crippen molar-refractivity contribution in [3.8, 4) is 0 Å². The topological polar surface area (TPSA) is 41.1 Å². The van der Waals surface area contributed by atoms with Crippen LogP contribution in [0, 0.1) is 0 Å². The van der Waals surface area contributed by atoms with Crippen LogP contribution in [-0.2, 0) is 0 Å². The third-order valence-electron chi connectivity index (χ3n) is 0.607. The van der Waals surface area contributed by atoms with Gasteiger partial charge in [0, 0.05) is 13.6 Å². The summed E-state index contributed by atoms with van der Waals surface area (Å²) in [4.78, 5) is 10.2. The fourth-order valence-electron chi connectivity index (χ4n) is 0.249. The molecule has 0 radical (unpaired) electrons. The summed E-state index contributed by atoms with van der Waals surface area (Å²) in [7, 11) is 1.48. The van der Waals surface area contributed by atoms with Crippen LogP contribution in [0.1, 0.15) is 0 Å². The molecule has 0 aliphatic carbocycles. The maximum absolute atomic E-state index is 11.2. The summed E-state index contributed by atoms with van der Waals surface area (Å²) in [6.07, 6.45) is 0. The zero-order valence-electron chi connectivity index (χ0n) is 4.70. The monoisotopic (exact) mass is 120 g/mol. The van der Waals surface area contributed by atoms with Gasteiger partial charge in [-0.15, -0.1) is 0 Å². The molecular weight excluding hydrogens is 111 g/mol. The Morgan fingerprint density at radius 3 is 2.75 bits per heavy atom. The molecule has 2 amide bonds. The molecule has 0 saturated carbocycles. The molecule has 4 heteroatoms. The smallest absolute Gasteiger partial charge is 0.314 e. The summed E-state index contributed by atoms with van der Waals surface area (Å²) >= 11 is 0. The second-order valence-electron chi connectivity index (χ2n) is 1.19. The van der Waals surface area contributed by atoms with E-state index in [1.54, 1.807) is 0 Å². The lowest BCUT2D eigenvalue weighted by atomic mass is 10.7. The molecule has 0 saturated heterocycles. The predicted octanol–water partition coefficient (Wildman–Crippen LogP) is -0.115. The predicted molar refractivity (Wildman–Crippen MR) is 28.4 cm³/mol. The Kier molecular flexibility index (Phi) is 3.93. The van der Waals surface area contributed by atoms with E-state index >= 15 is 0 Å². The first-order chi connectivity index (χ1) is 3.81. The van der Waals surface area contributed by atoms with Crippen molar-refractivity contribution < 1.29 is 9.18 Å². The Morgan fingerprint density at radius 1 is 1.75 bits per heavy atom. The molecule has 0 heterocycles. The van der Waals surface area contributed by atoms with Crippen molar-refractivity contribution in [3.05, 3.63) is 0 Å². The number of carbonyl (C=O) groups is 1. The highest BCUT2D eigenvalue weighted by Gasteiger charge is 1.90. The van der Waals surface area contributed by atoms with Crippen LogP contribution < -0.4 is 10.6 Å². The largest absolute Gasteiger partial charge is 0.341 e. The van der Waals surface area contributed by atoms with E-state index in [-0.39, 0.29) is 12.6 Å². The summed E-state index contributed by atoms with van der Waals surface area (Å²) in [5.41, 5.74) is 0. The van der Waals surface area contributed by atoms with Crippen LogP contribution >= 0.6 is 0 Å². The van der Waals surface area contributed by atoms with Crippen molar-refractivity contribution in [1.29, 1.82) is 0 Å². The van der Waals surface area contributed by atoms with Gasteiger partial charge in [-0.1, -0.05) is 0 Å². The summed E-state index contributed by atoms with van der Waals surface area (Å²) < 4.78 is 11.2. The van der Waals surface area contributed by atoms with Crippen molar-refractivity contribution in [1.82, 2.24) is 10.6 Å². The molecule has 0 aliphatic rings. The number of urea groups is 1. The first-order valence-electron chi connectivity index (χ1n) is 2.32. The SMILES string of the molecule is CNC(=O)NCCF. The van der Waals surface area contributed by atoms with Crippen LogP contribution in [0.2, 0.25) is 0 Å². The molecular formula is C4H9FN2O. The molecule has 0 aromatic carbocycles. The Bertz CT molecular complexity index is 76.4. The zero-order valence-corrected chi connectivity index (χ0v) is 4.70. The number of carbonyl (C=O) groups excluding carboxylic acids is 1. The lowest BCUT2D eigenvalue weighted by molar-refractivity contribution is 0.242. The van der Waals surface area contributed by atoms with Gasteiger partial charge in [0.25, 0.3) is 0 Å². The second kappa shape index (κ2) is 4.36. The number of rotatable bonds is 2. The van der Waals surface area contributed by atoms with Gasteiger partial charge in [0.05, 0.1) is 0 Å². The minimum atomic E-state index is -0.520. The summed E-state index contributed by atoms with van der Waals surface area (Å²) in [6, 6.07) is -0.345. The minimum absolute atomic E-state index is 0.0830. The van der Waals surface area contributed by atoms with Crippen LogP contribution in [-0.4, -0.2) is 26.3 Å². The third kappa shape index (κ3) is 3.39. The van der Waals surface area contributed by atoms with Gasteiger partial charge in [-0.2, -0.15) is 0 Å². The Morgan fingerprint density at radius 2 is 2.38 bits per heavy atom. The van der Waals surface area contributed by atoms with Crippen molar-refractivity contribution in [2.24, 2.45) is 0 Å². The highest BCUT2D eigenvalue weighted by molar-refractivity contribution is 5.73. The highest BCUT2D eigenvalue weighted by atomic mass is 19.1. The quantitative estimate of drug-likeness (QED) is 0.524. The normalized spacial score (nSPS) is 8.25. The first kappa shape index (κ1) is 7.20. The van der Waals surface area contributed by atoms with E-state index in [1.807, 2.05) is 0 Å². The molecule has 0 bridgehead atoms. The highest BCUT2D eigenvalue weighted by Crippen LogP contribution is 1.63.